The maximum absolute atomic E-state index is 12.4. The van der Waals surface area contributed by atoms with E-state index in [4.69, 9.17) is 5.73 Å². The number of fused-ring (bicyclic) bond motifs is 1. The average Bonchev–Trinajstić information content (AvgIpc) is 2.91. The van der Waals surface area contributed by atoms with Crippen LogP contribution in [-0.4, -0.2) is 28.4 Å². The van der Waals surface area contributed by atoms with Crippen molar-refractivity contribution in [2.75, 3.05) is 11.9 Å². The molecule has 0 fully saturated rings. The Morgan fingerprint density at radius 3 is 2.67 bits per heavy atom. The first kappa shape index (κ1) is 18.4. The van der Waals surface area contributed by atoms with Crippen LogP contribution in [0.15, 0.2) is 58.3 Å². The molecule has 2 aromatic carbocycles. The summed E-state index contributed by atoms with van der Waals surface area (Å²) < 4.78 is 42.8. The van der Waals surface area contributed by atoms with Crippen molar-refractivity contribution in [2.24, 2.45) is 10.7 Å². The van der Waals surface area contributed by atoms with E-state index in [1.165, 1.54) is 22.8 Å². The number of hydrogen-bond acceptors (Lipinski definition) is 3. The fourth-order valence-corrected chi connectivity index (χ4v) is 2.56. The van der Waals surface area contributed by atoms with E-state index in [0.717, 1.165) is 11.6 Å². The molecular weight excluding hydrogens is 363 g/mol. The second-order valence-corrected chi connectivity index (χ2v) is 5.53. The Morgan fingerprint density at radius 2 is 1.89 bits per heavy atom. The summed E-state index contributed by atoms with van der Waals surface area (Å²) in [6.07, 6.45) is -4.82. The smallest absolute Gasteiger partial charge is 0.404 e. The molecule has 27 heavy (non-hydrogen) atoms. The monoisotopic (exact) mass is 379 g/mol. The van der Waals surface area contributed by atoms with E-state index in [2.05, 4.69) is 20.0 Å². The number of ether oxygens (including phenoxy) is 1. The number of aliphatic imine (C=N–C) groups is 1. The molecule has 10 heteroatoms. The minimum atomic E-state index is -4.82. The van der Waals surface area contributed by atoms with Gasteiger partial charge in [0.1, 0.15) is 0 Å². The summed E-state index contributed by atoms with van der Waals surface area (Å²) in [6.45, 7) is 0.412. The van der Waals surface area contributed by atoms with Crippen molar-refractivity contribution < 1.29 is 17.9 Å². The van der Waals surface area contributed by atoms with Gasteiger partial charge in [-0.25, -0.2) is 4.79 Å². The molecule has 1 heterocycles. The maximum atomic E-state index is 12.4. The number of imidazole rings is 1. The van der Waals surface area contributed by atoms with Crippen LogP contribution in [0.2, 0.25) is 0 Å². The summed E-state index contributed by atoms with van der Waals surface area (Å²) >= 11 is 0. The first-order valence-electron chi connectivity index (χ1n) is 7.93. The Morgan fingerprint density at radius 1 is 1.19 bits per heavy atom. The van der Waals surface area contributed by atoms with Gasteiger partial charge in [-0.2, -0.15) is 0 Å². The number of para-hydroxylation sites is 4. The molecule has 0 spiro atoms. The zero-order valence-electron chi connectivity index (χ0n) is 14.0. The fraction of sp³-hybridized carbons (Fsp3) is 0.176. The number of aromatic nitrogens is 2. The van der Waals surface area contributed by atoms with Gasteiger partial charge < -0.3 is 20.8 Å². The summed E-state index contributed by atoms with van der Waals surface area (Å²) in [5, 5.41) is 2.57. The summed E-state index contributed by atoms with van der Waals surface area (Å²) in [5.74, 6) is -0.517. The molecule has 0 amide bonds. The Kier molecular flexibility index (Phi) is 5.06. The van der Waals surface area contributed by atoms with Crippen LogP contribution in [-0.2, 0) is 6.54 Å². The number of hydrogen-bond donors (Lipinski definition) is 3. The number of nitrogens with two attached hydrogens (primary N) is 1. The highest BCUT2D eigenvalue weighted by Crippen LogP contribution is 2.29. The number of nitrogens with zero attached hydrogens (tertiary/aromatic N) is 2. The van der Waals surface area contributed by atoms with Crippen LogP contribution >= 0.6 is 0 Å². The number of aromatic amines is 1. The molecule has 0 radical (unpaired) electrons. The van der Waals surface area contributed by atoms with Crippen molar-refractivity contribution in [3.8, 4) is 5.75 Å². The summed E-state index contributed by atoms with van der Waals surface area (Å²) in [7, 11) is 0. The lowest BCUT2D eigenvalue weighted by atomic mass is 10.3. The molecule has 142 valence electrons. The fourth-order valence-electron chi connectivity index (χ4n) is 2.56. The highest BCUT2D eigenvalue weighted by molar-refractivity contribution is 5.93. The van der Waals surface area contributed by atoms with Gasteiger partial charge in [-0.3, -0.25) is 9.56 Å². The molecule has 3 aromatic rings. The van der Waals surface area contributed by atoms with Crippen molar-refractivity contribution in [1.29, 1.82) is 0 Å². The number of nitrogens with one attached hydrogen (secondary N) is 2. The summed E-state index contributed by atoms with van der Waals surface area (Å²) in [5.41, 5.74) is 6.92. The van der Waals surface area contributed by atoms with E-state index in [0.29, 0.717) is 5.52 Å². The SMILES string of the molecule is NC(=NCCn1c(=O)[nH]c2ccccc21)Nc1ccccc1OC(F)(F)F. The molecule has 4 N–H and O–H groups in total. The quantitative estimate of drug-likeness (QED) is 0.469. The zero-order valence-corrected chi connectivity index (χ0v) is 14.0. The number of halogens is 3. The second kappa shape index (κ2) is 7.44. The van der Waals surface area contributed by atoms with Gasteiger partial charge in [-0.1, -0.05) is 24.3 Å². The molecule has 3 rings (SSSR count). The van der Waals surface area contributed by atoms with Crippen LogP contribution in [0.5, 0.6) is 5.75 Å². The number of guanidine groups is 1. The predicted octanol–water partition coefficient (Wildman–Crippen LogP) is 2.66. The van der Waals surface area contributed by atoms with Crippen molar-refractivity contribution in [3.63, 3.8) is 0 Å². The predicted molar refractivity (Wildman–Crippen MR) is 95.8 cm³/mol. The van der Waals surface area contributed by atoms with Gasteiger partial charge in [0.2, 0.25) is 0 Å². The van der Waals surface area contributed by atoms with Crippen LogP contribution in [0.3, 0.4) is 0 Å². The number of benzene rings is 2. The molecule has 0 aliphatic heterocycles. The van der Waals surface area contributed by atoms with Crippen LogP contribution < -0.4 is 21.5 Å². The Labute approximate surface area is 151 Å². The third kappa shape index (κ3) is 4.60. The van der Waals surface area contributed by atoms with Gasteiger partial charge in [-0.05, 0) is 24.3 Å². The maximum Gasteiger partial charge on any atom is 0.573 e. The normalized spacial score (nSPS) is 12.3. The second-order valence-electron chi connectivity index (χ2n) is 5.53. The highest BCUT2D eigenvalue weighted by atomic mass is 19.4. The Bertz CT molecular complexity index is 1020. The molecule has 0 unspecified atom stereocenters. The molecule has 0 saturated heterocycles. The van der Waals surface area contributed by atoms with Crippen LogP contribution in [0.4, 0.5) is 18.9 Å². The molecule has 0 atom stereocenters. The Balaban J connectivity index is 1.69. The lowest BCUT2D eigenvalue weighted by Crippen LogP contribution is -2.25. The summed E-state index contributed by atoms with van der Waals surface area (Å²) in [4.78, 5) is 18.7. The molecule has 0 aliphatic rings. The molecule has 0 bridgehead atoms. The van der Waals surface area contributed by atoms with E-state index >= 15 is 0 Å². The molecule has 0 saturated carbocycles. The van der Waals surface area contributed by atoms with Crippen molar-refractivity contribution in [1.82, 2.24) is 9.55 Å². The van der Waals surface area contributed by atoms with Gasteiger partial charge in [0.25, 0.3) is 0 Å². The third-order valence-corrected chi connectivity index (χ3v) is 3.66. The van der Waals surface area contributed by atoms with E-state index in [1.807, 2.05) is 12.1 Å². The lowest BCUT2D eigenvalue weighted by molar-refractivity contribution is -0.274. The number of H-pyrrole nitrogens is 1. The third-order valence-electron chi connectivity index (χ3n) is 3.66. The van der Waals surface area contributed by atoms with E-state index < -0.39 is 12.1 Å². The van der Waals surface area contributed by atoms with Crippen LogP contribution in [0.25, 0.3) is 11.0 Å². The van der Waals surface area contributed by atoms with Crippen molar-refractivity contribution in [3.05, 3.63) is 59.0 Å². The lowest BCUT2D eigenvalue weighted by Gasteiger charge is -2.14. The largest absolute Gasteiger partial charge is 0.573 e. The number of alkyl halides is 3. The van der Waals surface area contributed by atoms with Crippen molar-refractivity contribution >= 4 is 22.7 Å². The molecule has 0 aliphatic carbocycles. The first-order valence-corrected chi connectivity index (χ1v) is 7.93. The van der Waals surface area contributed by atoms with Crippen LogP contribution in [0.1, 0.15) is 0 Å². The van der Waals surface area contributed by atoms with Gasteiger partial charge >= 0.3 is 12.1 Å². The van der Waals surface area contributed by atoms with Gasteiger partial charge in [0.05, 0.1) is 23.3 Å². The van der Waals surface area contributed by atoms with Crippen LogP contribution in [0, 0.1) is 0 Å². The first-order chi connectivity index (χ1) is 12.8. The zero-order chi connectivity index (χ0) is 19.4. The van der Waals surface area contributed by atoms with Gasteiger partial charge in [-0.15, -0.1) is 13.2 Å². The van der Waals surface area contributed by atoms with Gasteiger partial charge in [0.15, 0.2) is 11.7 Å². The van der Waals surface area contributed by atoms with E-state index in [1.54, 1.807) is 12.1 Å². The molecule has 7 nitrogen and oxygen atoms in total. The van der Waals surface area contributed by atoms with Crippen molar-refractivity contribution in [2.45, 2.75) is 12.9 Å². The van der Waals surface area contributed by atoms with E-state index in [9.17, 15) is 18.0 Å². The Hall–Kier alpha value is -3.43. The molecular formula is C17H16F3N5O2. The minimum Gasteiger partial charge on any atom is -0.404 e. The number of rotatable bonds is 5. The highest BCUT2D eigenvalue weighted by Gasteiger charge is 2.32. The standard InChI is InChI=1S/C17H16F3N5O2/c18-17(19,20)27-14-8-4-2-6-12(14)23-15(21)22-9-10-25-13-7-3-1-5-11(13)24-16(25)26/h1-8H,9-10H2,(H,24,26)(H3,21,22,23). The minimum absolute atomic E-state index is 0.0281. The average molecular weight is 379 g/mol. The number of anilines is 1. The summed E-state index contributed by atoms with van der Waals surface area (Å²) in [6, 6.07) is 12.7. The molecule has 1 aromatic heterocycles. The van der Waals surface area contributed by atoms with Gasteiger partial charge in [0, 0.05) is 6.54 Å². The topological polar surface area (TPSA) is 97.4 Å². The van der Waals surface area contributed by atoms with E-state index in [-0.39, 0.29) is 30.4 Å².